The zero-order valence-corrected chi connectivity index (χ0v) is 51.3. The summed E-state index contributed by atoms with van der Waals surface area (Å²) in [6.45, 7) is 22.3. The molecule has 0 radical (unpaired) electrons. The highest BCUT2D eigenvalue weighted by Gasteiger charge is 2.42. The molecule has 0 fully saturated rings. The fourth-order valence-corrected chi connectivity index (χ4v) is 12.7. The average molecular weight is 1140 g/mol. The van der Waals surface area contributed by atoms with Crippen molar-refractivity contribution in [3.05, 3.63) is 264 Å². The number of benzene rings is 9. The molecule has 7 heteroatoms. The minimum Gasteiger partial charge on any atom is -0.457 e. The Morgan fingerprint density at radius 1 is 0.529 bits per heavy atom. The molecule has 0 amide bonds. The first-order chi connectivity index (χ1) is 41.8. The molecule has 13 rings (SSSR count). The number of ether oxygens (including phenoxy) is 1. The Bertz CT molecular complexity index is 4580. The fraction of sp³-hybridized carbons (Fsp3) is 0.200. The van der Waals surface area contributed by atoms with E-state index in [4.69, 9.17) is 9.72 Å². The highest BCUT2D eigenvalue weighted by atomic mass is 19.1. The predicted molar refractivity (Wildman–Crippen MR) is 358 cm³/mol. The van der Waals surface area contributed by atoms with Crippen LogP contribution in [0.1, 0.15) is 98.3 Å². The number of aromatic nitrogens is 2. The second-order valence-electron chi connectivity index (χ2n) is 26.1. The lowest BCUT2D eigenvalue weighted by Crippen LogP contribution is -2.17. The molecule has 0 N–H and O–H groups in total. The summed E-state index contributed by atoms with van der Waals surface area (Å²) in [5, 5.41) is 2.22. The fourth-order valence-electron chi connectivity index (χ4n) is 12.7. The molecule has 0 saturated heterocycles. The Hall–Kier alpha value is -9.55. The van der Waals surface area contributed by atoms with Gasteiger partial charge in [-0.05, 0) is 155 Å². The predicted octanol–water partition coefficient (Wildman–Crippen LogP) is 22.0. The normalized spacial score (nSPS) is 14.3. The summed E-state index contributed by atoms with van der Waals surface area (Å²) in [6.07, 6.45) is 7.52. The number of pyridine rings is 1. The van der Waals surface area contributed by atoms with E-state index < -0.39 is 11.6 Å². The van der Waals surface area contributed by atoms with E-state index >= 15 is 8.78 Å². The van der Waals surface area contributed by atoms with Gasteiger partial charge in [0.15, 0.2) is 0 Å². The smallest absolute Gasteiger partial charge is 0.457 e. The molecule has 5 nitrogen and oxygen atoms in total. The number of fused-ring (bicyclic) bond motifs is 4. The molecule has 2 aromatic heterocycles. The first-order valence-electron chi connectivity index (χ1n) is 30.4. The monoisotopic (exact) mass is 1140 g/mol. The third-order valence-corrected chi connectivity index (χ3v) is 17.4. The summed E-state index contributed by atoms with van der Waals surface area (Å²) in [7, 11) is 0. The molecule has 0 saturated carbocycles. The maximum absolute atomic E-state index is 15.8. The van der Waals surface area contributed by atoms with Crippen molar-refractivity contribution in [2.45, 2.75) is 92.4 Å². The van der Waals surface area contributed by atoms with E-state index in [1.54, 1.807) is 0 Å². The van der Waals surface area contributed by atoms with Gasteiger partial charge in [-0.25, -0.2) is 13.8 Å². The van der Waals surface area contributed by atoms with Gasteiger partial charge in [0.25, 0.3) is 11.4 Å². The van der Waals surface area contributed by atoms with Crippen LogP contribution in [-0.2, 0) is 10.8 Å². The number of allylic oxidation sites excluding steroid dienone is 4. The summed E-state index contributed by atoms with van der Waals surface area (Å²) in [4.78, 5) is 4.99. The number of para-hydroxylation sites is 3. The van der Waals surface area contributed by atoms with Gasteiger partial charge in [-0.3, -0.25) is 4.57 Å². The van der Waals surface area contributed by atoms with Crippen LogP contribution in [0.25, 0.3) is 72.1 Å². The van der Waals surface area contributed by atoms with Gasteiger partial charge in [-0.2, -0.15) is 0 Å². The van der Waals surface area contributed by atoms with Crippen LogP contribution in [0.5, 0.6) is 11.5 Å². The molecule has 11 aromatic rings. The lowest BCUT2D eigenvalue weighted by molar-refractivity contribution is 0.483. The van der Waals surface area contributed by atoms with Crippen molar-refractivity contribution in [1.29, 1.82) is 0 Å². The van der Waals surface area contributed by atoms with Crippen molar-refractivity contribution in [3.63, 3.8) is 0 Å². The first-order valence-corrected chi connectivity index (χ1v) is 30.4. The van der Waals surface area contributed by atoms with Crippen molar-refractivity contribution in [1.82, 2.24) is 18.7 Å². The van der Waals surface area contributed by atoms with Gasteiger partial charge in [0, 0.05) is 58.8 Å². The van der Waals surface area contributed by atoms with Gasteiger partial charge in [0.05, 0.1) is 22.7 Å². The van der Waals surface area contributed by atoms with E-state index in [1.807, 2.05) is 6.20 Å². The lowest BCUT2D eigenvalue weighted by Gasteiger charge is -2.28. The van der Waals surface area contributed by atoms with Crippen molar-refractivity contribution in [2.75, 3.05) is 0 Å². The number of halogens is 2. The van der Waals surface area contributed by atoms with Crippen LogP contribution in [0.15, 0.2) is 236 Å². The van der Waals surface area contributed by atoms with Crippen molar-refractivity contribution < 1.29 is 13.5 Å². The van der Waals surface area contributed by atoms with Crippen LogP contribution in [0.4, 0.5) is 31.5 Å². The van der Waals surface area contributed by atoms with Gasteiger partial charge >= 0.3 is 6.01 Å². The van der Waals surface area contributed by atoms with Crippen LogP contribution in [-0.4, -0.2) is 15.6 Å². The minimum atomic E-state index is -0.637. The highest BCUT2D eigenvalue weighted by molar-refractivity contribution is 6.09. The first kappa shape index (κ1) is 56.6. The molecule has 0 spiro atoms. The molecule has 0 bridgehead atoms. The summed E-state index contributed by atoms with van der Waals surface area (Å²) in [5.41, 5.74) is 18.4. The lowest BCUT2D eigenvalue weighted by atomic mass is 9.76. The molecule has 87 heavy (non-hydrogen) atoms. The molecule has 3 heterocycles. The molecule has 1 atom stereocenters. The Labute approximate surface area is 510 Å². The molecule has 1 aliphatic carbocycles. The third kappa shape index (κ3) is 10.9. The zero-order chi connectivity index (χ0) is 60.5. The summed E-state index contributed by atoms with van der Waals surface area (Å²) in [6, 6.07) is 74.0. The van der Waals surface area contributed by atoms with E-state index in [0.29, 0.717) is 23.0 Å². The minimum absolute atomic E-state index is 0.0641. The van der Waals surface area contributed by atoms with Crippen molar-refractivity contribution in [2.24, 2.45) is 11.8 Å². The quantitative estimate of drug-likeness (QED) is 0.114. The Balaban J connectivity index is 1.10. The molecule has 2 aliphatic rings. The van der Waals surface area contributed by atoms with Crippen LogP contribution in [0.2, 0.25) is 0 Å². The SMILES string of the molecule is CC(C)C1=CC(c2cc(C(C)(C)C)cc(-c3cc(F)cc(F)c3)c2[N+]2=C=[N+](c3cc(Oc4ccc5c6ccccc6n(-c6cc(C(C)(C)C)ccn6)c5c4)cc(-c4c(-c5ccccc5)cccc4-c4ccccc4)c3)c3ccccc32)CC(C(C)C)=C1. The second kappa shape index (κ2) is 22.4. The number of nitrogens with zero attached hydrogens (tertiary/aromatic N) is 4. The van der Waals surface area contributed by atoms with Crippen LogP contribution in [0.3, 0.4) is 0 Å². The van der Waals surface area contributed by atoms with Crippen LogP contribution >= 0.6 is 0 Å². The van der Waals surface area contributed by atoms with Crippen molar-refractivity contribution >= 4 is 50.6 Å². The number of hydrogen-bond acceptors (Lipinski definition) is 2. The average Bonchev–Trinajstić information content (AvgIpc) is 1.73. The van der Waals surface area contributed by atoms with Gasteiger partial charge in [0.2, 0.25) is 11.4 Å². The standard InChI is InChI=1S/C80H72F2N4O/c1-50(2)54-36-55(51(3)4)38-56(37-54)70-43-60(80(8,9)10)44-71(57-39-61(81)46-62(82)40-57)78(70)85-49-84(73-30-19-20-31-74(73)85)63-41-58(77-66(52-22-13-11-14-23-52)27-21-28-67(77)53-24-15-12-16-25-53)42-65(47-63)87-64-32-33-69-68-26-17-18-29-72(68)86(75(69)48-64)76-45-59(34-35-83-76)79(5,6)7/h11-37,39-48,50-51,56H,38H2,1-10H3/q+2. The highest BCUT2D eigenvalue weighted by Crippen LogP contribution is 2.50. The molecular formula is C80H72F2N4O+2. The summed E-state index contributed by atoms with van der Waals surface area (Å²) in [5.74, 6) is 1.36. The molecule has 1 unspecified atom stereocenters. The summed E-state index contributed by atoms with van der Waals surface area (Å²) < 4.78 is 45.5. The topological polar surface area (TPSA) is 33.1 Å². The Morgan fingerprint density at radius 2 is 1.16 bits per heavy atom. The number of rotatable bonds is 12. The van der Waals surface area contributed by atoms with Gasteiger partial charge < -0.3 is 4.74 Å². The van der Waals surface area contributed by atoms with Gasteiger partial charge in [0.1, 0.15) is 29.0 Å². The summed E-state index contributed by atoms with van der Waals surface area (Å²) >= 11 is 0. The van der Waals surface area contributed by atoms with E-state index in [0.717, 1.165) is 113 Å². The molecule has 9 aromatic carbocycles. The molecule has 430 valence electrons. The molecular weight excluding hydrogens is 1070 g/mol. The maximum atomic E-state index is 15.8. The van der Waals surface area contributed by atoms with Crippen molar-refractivity contribution in [3.8, 4) is 61.8 Å². The molecule has 1 aliphatic heterocycles. The third-order valence-electron chi connectivity index (χ3n) is 17.4. The van der Waals surface area contributed by atoms with E-state index in [-0.39, 0.29) is 22.7 Å². The Morgan fingerprint density at radius 3 is 1.82 bits per heavy atom. The maximum Gasteiger partial charge on any atom is 0.503 e. The Kier molecular flexibility index (Phi) is 14.6. The number of hydrogen-bond donors (Lipinski definition) is 0. The zero-order valence-electron chi connectivity index (χ0n) is 51.3. The van der Waals surface area contributed by atoms with E-state index in [1.165, 1.54) is 28.8 Å². The van der Waals surface area contributed by atoms with Gasteiger partial charge in [-0.15, -0.1) is 0 Å². The van der Waals surface area contributed by atoms with E-state index in [2.05, 4.69) is 289 Å². The second-order valence-corrected chi connectivity index (χ2v) is 26.1. The van der Waals surface area contributed by atoms with Gasteiger partial charge in [-0.1, -0.05) is 196 Å². The van der Waals surface area contributed by atoms with E-state index in [9.17, 15) is 0 Å². The largest absolute Gasteiger partial charge is 0.503 e. The van der Waals surface area contributed by atoms with Crippen LogP contribution < -0.4 is 13.9 Å². The van der Waals surface area contributed by atoms with Crippen LogP contribution in [0, 0.1) is 23.5 Å².